The summed E-state index contributed by atoms with van der Waals surface area (Å²) in [4.78, 5) is 22.9. The van der Waals surface area contributed by atoms with Crippen molar-refractivity contribution in [1.82, 2.24) is 5.32 Å². The summed E-state index contributed by atoms with van der Waals surface area (Å²) in [7, 11) is 1.52. The molecule has 0 bridgehead atoms. The minimum absolute atomic E-state index is 0.00965. The highest BCUT2D eigenvalue weighted by molar-refractivity contribution is 5.97. The fourth-order valence-electron chi connectivity index (χ4n) is 2.48. The second kappa shape index (κ2) is 6.19. The molecular formula is C14H19N3O4. The van der Waals surface area contributed by atoms with Gasteiger partial charge in [0.1, 0.15) is 5.60 Å². The van der Waals surface area contributed by atoms with E-state index in [2.05, 4.69) is 10.6 Å². The van der Waals surface area contributed by atoms with Crippen molar-refractivity contribution in [3.05, 3.63) is 33.9 Å². The van der Waals surface area contributed by atoms with Crippen molar-refractivity contribution < 1.29 is 14.5 Å². The molecular weight excluding hydrogens is 274 g/mol. The molecule has 2 rings (SSSR count). The second-order valence-electron chi connectivity index (χ2n) is 5.16. The van der Waals surface area contributed by atoms with Crippen LogP contribution in [0.25, 0.3) is 0 Å². The van der Waals surface area contributed by atoms with Gasteiger partial charge in [0, 0.05) is 24.4 Å². The van der Waals surface area contributed by atoms with Crippen LogP contribution in [0, 0.1) is 17.0 Å². The Bertz CT molecular complexity index is 553. The molecule has 114 valence electrons. The third-order valence-electron chi connectivity index (χ3n) is 3.88. The summed E-state index contributed by atoms with van der Waals surface area (Å²) < 4.78 is 5.43. The summed E-state index contributed by atoms with van der Waals surface area (Å²) in [5.74, 6) is -0.260. The van der Waals surface area contributed by atoms with Gasteiger partial charge in [0.25, 0.3) is 11.6 Å². The van der Waals surface area contributed by atoms with E-state index in [4.69, 9.17) is 4.74 Å². The highest BCUT2D eigenvalue weighted by Gasteiger charge is 2.39. The van der Waals surface area contributed by atoms with Crippen LogP contribution in [0.4, 0.5) is 11.4 Å². The summed E-state index contributed by atoms with van der Waals surface area (Å²) in [5.41, 5.74) is 0.0865. The lowest BCUT2D eigenvalue weighted by molar-refractivity contribution is -0.385. The van der Waals surface area contributed by atoms with Crippen LogP contribution in [0.3, 0.4) is 0 Å². The highest BCUT2D eigenvalue weighted by Crippen LogP contribution is 2.27. The number of nitro benzene ring substituents is 1. The molecule has 0 radical (unpaired) electrons. The molecule has 2 N–H and O–H groups in total. The number of carbonyl (C=O) groups is 1. The molecule has 7 heteroatoms. The molecule has 0 aliphatic carbocycles. The molecule has 0 aromatic heterocycles. The number of benzene rings is 1. The molecule has 0 unspecified atom stereocenters. The lowest BCUT2D eigenvalue weighted by atomic mass is 9.91. The van der Waals surface area contributed by atoms with Crippen molar-refractivity contribution in [2.75, 3.05) is 25.5 Å². The normalized spacial score (nSPS) is 17.2. The molecule has 1 aliphatic heterocycles. The first-order chi connectivity index (χ1) is 9.98. The number of nitrogens with zero attached hydrogens (tertiary/aromatic N) is 1. The first kappa shape index (κ1) is 15.4. The number of carbonyl (C=O) groups excluding carboxylic acids is 1. The van der Waals surface area contributed by atoms with E-state index >= 15 is 0 Å². The topological polar surface area (TPSA) is 93.5 Å². The molecule has 1 aliphatic rings. The van der Waals surface area contributed by atoms with Gasteiger partial charge in [-0.1, -0.05) is 6.07 Å². The molecule has 21 heavy (non-hydrogen) atoms. The third kappa shape index (κ3) is 3.20. The van der Waals surface area contributed by atoms with E-state index in [1.807, 2.05) is 0 Å². The van der Waals surface area contributed by atoms with E-state index < -0.39 is 10.5 Å². The first-order valence-electron chi connectivity index (χ1n) is 6.81. The largest absolute Gasteiger partial charge is 0.368 e. The number of hydrogen-bond donors (Lipinski definition) is 2. The van der Waals surface area contributed by atoms with Crippen LogP contribution < -0.4 is 10.6 Å². The van der Waals surface area contributed by atoms with Gasteiger partial charge >= 0.3 is 0 Å². The van der Waals surface area contributed by atoms with E-state index in [0.29, 0.717) is 37.2 Å². The fraction of sp³-hybridized carbons (Fsp3) is 0.500. The lowest BCUT2D eigenvalue weighted by Crippen LogP contribution is -2.51. The maximum atomic E-state index is 12.5. The number of amides is 1. The molecule has 1 heterocycles. The smallest absolute Gasteiger partial charge is 0.274 e. The number of rotatable bonds is 4. The van der Waals surface area contributed by atoms with Crippen LogP contribution >= 0.6 is 0 Å². The molecule has 0 saturated carbocycles. The molecule has 1 aromatic rings. The van der Waals surface area contributed by atoms with Gasteiger partial charge in [0.15, 0.2) is 0 Å². The molecule has 0 spiro atoms. The van der Waals surface area contributed by atoms with Crippen LogP contribution in [0.5, 0.6) is 0 Å². The van der Waals surface area contributed by atoms with Gasteiger partial charge in [-0.05, 0) is 38.9 Å². The van der Waals surface area contributed by atoms with Crippen molar-refractivity contribution in [3.8, 4) is 0 Å². The standard InChI is InChI=1S/C14H19N3O4/c1-10-3-4-11(9-12(10)17(19)20)16-13(18)14(21-2)5-7-15-8-6-14/h3-4,9,15H,5-8H2,1-2H3,(H,16,18). The van der Waals surface area contributed by atoms with Gasteiger partial charge in [-0.3, -0.25) is 14.9 Å². The Hall–Kier alpha value is -1.99. The zero-order chi connectivity index (χ0) is 15.5. The summed E-state index contributed by atoms with van der Waals surface area (Å²) in [5, 5.41) is 16.8. The van der Waals surface area contributed by atoms with Crippen LogP contribution in [0.1, 0.15) is 18.4 Å². The van der Waals surface area contributed by atoms with E-state index in [9.17, 15) is 14.9 Å². The molecule has 1 aromatic carbocycles. The molecule has 0 atom stereocenters. The molecule has 7 nitrogen and oxygen atoms in total. The maximum Gasteiger partial charge on any atom is 0.274 e. The van der Waals surface area contributed by atoms with Crippen LogP contribution in [-0.2, 0) is 9.53 Å². The average molecular weight is 293 g/mol. The van der Waals surface area contributed by atoms with Crippen LogP contribution in [0.2, 0.25) is 0 Å². The van der Waals surface area contributed by atoms with Crippen molar-refractivity contribution in [2.45, 2.75) is 25.4 Å². The minimum Gasteiger partial charge on any atom is -0.368 e. The highest BCUT2D eigenvalue weighted by atomic mass is 16.6. The summed E-state index contributed by atoms with van der Waals surface area (Å²) in [6, 6.07) is 4.65. The number of nitro groups is 1. The number of nitrogens with one attached hydrogen (secondary N) is 2. The Kier molecular flexibility index (Phi) is 4.54. The number of ether oxygens (including phenoxy) is 1. The summed E-state index contributed by atoms with van der Waals surface area (Å²) in [6.07, 6.45) is 1.15. The molecule has 1 fully saturated rings. The van der Waals surface area contributed by atoms with E-state index in [1.54, 1.807) is 19.1 Å². The molecule has 1 amide bonds. The maximum absolute atomic E-state index is 12.5. The van der Waals surface area contributed by atoms with Crippen LogP contribution in [-0.4, -0.2) is 36.6 Å². The fourth-order valence-corrected chi connectivity index (χ4v) is 2.48. The minimum atomic E-state index is -0.870. The zero-order valence-electron chi connectivity index (χ0n) is 12.1. The van der Waals surface area contributed by atoms with Gasteiger partial charge in [0.05, 0.1) is 4.92 Å². The zero-order valence-corrected chi connectivity index (χ0v) is 12.1. The number of piperidine rings is 1. The summed E-state index contributed by atoms with van der Waals surface area (Å²) in [6.45, 7) is 3.07. The van der Waals surface area contributed by atoms with Gasteiger partial charge in [-0.25, -0.2) is 0 Å². The number of hydrogen-bond acceptors (Lipinski definition) is 5. The van der Waals surface area contributed by atoms with Gasteiger partial charge in [-0.2, -0.15) is 0 Å². The number of methoxy groups -OCH3 is 1. The van der Waals surface area contributed by atoms with E-state index in [-0.39, 0.29) is 11.6 Å². The van der Waals surface area contributed by atoms with Crippen LogP contribution in [0.15, 0.2) is 18.2 Å². The van der Waals surface area contributed by atoms with Crippen molar-refractivity contribution in [1.29, 1.82) is 0 Å². The Labute approximate surface area is 122 Å². The van der Waals surface area contributed by atoms with Crippen molar-refractivity contribution in [3.63, 3.8) is 0 Å². The number of aryl methyl sites for hydroxylation is 1. The predicted octanol–water partition coefficient (Wildman–Crippen LogP) is 1.61. The predicted molar refractivity (Wildman–Crippen MR) is 78.3 cm³/mol. The van der Waals surface area contributed by atoms with Gasteiger partial charge < -0.3 is 15.4 Å². The van der Waals surface area contributed by atoms with E-state index in [1.165, 1.54) is 13.2 Å². The molecule has 1 saturated heterocycles. The van der Waals surface area contributed by atoms with Crippen molar-refractivity contribution in [2.24, 2.45) is 0 Å². The third-order valence-corrected chi connectivity index (χ3v) is 3.88. The van der Waals surface area contributed by atoms with Crippen molar-refractivity contribution >= 4 is 17.3 Å². The van der Waals surface area contributed by atoms with E-state index in [0.717, 1.165) is 0 Å². The Balaban J connectivity index is 2.19. The SMILES string of the molecule is COC1(C(=O)Nc2ccc(C)c([N+](=O)[O-])c2)CCNCC1. The first-order valence-corrected chi connectivity index (χ1v) is 6.81. The Morgan fingerprint density at radius 2 is 2.10 bits per heavy atom. The number of anilines is 1. The Morgan fingerprint density at radius 1 is 1.43 bits per heavy atom. The second-order valence-corrected chi connectivity index (χ2v) is 5.16. The summed E-state index contributed by atoms with van der Waals surface area (Å²) >= 11 is 0. The van der Waals surface area contributed by atoms with Gasteiger partial charge in [-0.15, -0.1) is 0 Å². The quantitative estimate of drug-likeness (QED) is 0.650. The van der Waals surface area contributed by atoms with Gasteiger partial charge in [0.2, 0.25) is 0 Å². The lowest BCUT2D eigenvalue weighted by Gasteiger charge is -2.34. The average Bonchev–Trinajstić information content (AvgIpc) is 2.49. The monoisotopic (exact) mass is 293 g/mol. The Morgan fingerprint density at radius 3 is 2.67 bits per heavy atom.